The van der Waals surface area contributed by atoms with E-state index in [9.17, 15) is 4.79 Å². The fourth-order valence-electron chi connectivity index (χ4n) is 5.97. The van der Waals surface area contributed by atoms with Crippen LogP contribution in [0.25, 0.3) is 0 Å². The molecule has 0 spiro atoms. The highest BCUT2D eigenvalue weighted by molar-refractivity contribution is 6.06. The van der Waals surface area contributed by atoms with E-state index in [1.165, 1.54) is 37.6 Å². The van der Waals surface area contributed by atoms with Crippen molar-refractivity contribution in [1.82, 2.24) is 14.9 Å². The molecular formula is C37H45N5O3. The lowest BCUT2D eigenvalue weighted by Crippen LogP contribution is -2.33. The molecule has 1 aliphatic heterocycles. The maximum Gasteiger partial charge on any atom is 0.262 e. The Balaban J connectivity index is 1.39. The summed E-state index contributed by atoms with van der Waals surface area (Å²) in [7, 11) is 1.61. The summed E-state index contributed by atoms with van der Waals surface area (Å²) in [4.78, 5) is 25.4. The second kappa shape index (κ2) is 15.0. The van der Waals surface area contributed by atoms with Crippen molar-refractivity contribution < 1.29 is 14.3 Å². The van der Waals surface area contributed by atoms with Gasteiger partial charge >= 0.3 is 0 Å². The molecule has 3 aromatic carbocycles. The van der Waals surface area contributed by atoms with Crippen LogP contribution in [0.2, 0.25) is 0 Å². The molecule has 8 heteroatoms. The second-order valence-electron chi connectivity index (χ2n) is 11.8. The van der Waals surface area contributed by atoms with Crippen LogP contribution in [0.5, 0.6) is 17.4 Å². The van der Waals surface area contributed by atoms with Crippen LogP contribution in [0.1, 0.15) is 78.1 Å². The molecule has 45 heavy (non-hydrogen) atoms. The third-order valence-corrected chi connectivity index (χ3v) is 8.46. The smallest absolute Gasteiger partial charge is 0.262 e. The van der Waals surface area contributed by atoms with E-state index in [2.05, 4.69) is 63.6 Å². The van der Waals surface area contributed by atoms with Crippen molar-refractivity contribution in [2.45, 2.75) is 65.7 Å². The zero-order chi connectivity index (χ0) is 31.8. The first-order chi connectivity index (χ1) is 21.9. The average Bonchev–Trinajstić information content (AvgIpc) is 3.05. The van der Waals surface area contributed by atoms with Crippen molar-refractivity contribution >= 4 is 23.2 Å². The van der Waals surface area contributed by atoms with Crippen molar-refractivity contribution in [3.63, 3.8) is 0 Å². The van der Waals surface area contributed by atoms with Gasteiger partial charge in [-0.25, -0.2) is 4.98 Å². The number of amides is 1. The standard InChI is InChI=1S/C37H45N5O3/c1-6-9-27-12-17-32(33(23-27)44-5)45-36-31(35(43)40-34-25(3)10-8-11-26(34)4)24-38-37(41-36)39-30-15-13-28(14-16-30)29-18-21-42(20-7-2)22-19-29/h8,10-17,23-24,29H,6-7,9,18-22H2,1-5H3,(H,40,43)(H,38,39,41). The molecule has 0 atom stereocenters. The number of anilines is 3. The largest absolute Gasteiger partial charge is 0.493 e. The minimum Gasteiger partial charge on any atom is -0.493 e. The number of methoxy groups -OCH3 is 1. The third kappa shape index (κ3) is 8.00. The Morgan fingerprint density at radius 3 is 2.36 bits per heavy atom. The number of carbonyl (C=O) groups excluding carboxylic acids is 1. The van der Waals surface area contributed by atoms with Gasteiger partial charge in [-0.05, 0) is 112 Å². The first kappa shape index (κ1) is 32.0. The van der Waals surface area contributed by atoms with Gasteiger partial charge in [0, 0.05) is 17.6 Å². The zero-order valence-corrected chi connectivity index (χ0v) is 27.2. The molecule has 8 nitrogen and oxygen atoms in total. The lowest BCUT2D eigenvalue weighted by molar-refractivity contribution is 0.102. The SMILES string of the molecule is CCCc1ccc(Oc2nc(Nc3ccc(C4CCN(CCC)CC4)cc3)ncc2C(=O)Nc2c(C)cccc2C)c(OC)c1. The van der Waals surface area contributed by atoms with E-state index in [4.69, 9.17) is 9.47 Å². The topological polar surface area (TPSA) is 88.6 Å². The summed E-state index contributed by atoms with van der Waals surface area (Å²) in [6.45, 7) is 11.8. The number of para-hydroxylation sites is 1. The lowest BCUT2D eigenvalue weighted by Gasteiger charge is -2.32. The molecule has 1 saturated heterocycles. The van der Waals surface area contributed by atoms with Crippen LogP contribution in [-0.2, 0) is 6.42 Å². The molecule has 1 aromatic heterocycles. The second-order valence-corrected chi connectivity index (χ2v) is 11.8. The Kier molecular flexibility index (Phi) is 10.7. The van der Waals surface area contributed by atoms with E-state index in [-0.39, 0.29) is 17.4 Å². The Morgan fingerprint density at radius 2 is 1.69 bits per heavy atom. The minimum absolute atomic E-state index is 0.133. The van der Waals surface area contributed by atoms with Gasteiger partial charge in [-0.3, -0.25) is 4.79 Å². The van der Waals surface area contributed by atoms with Gasteiger partial charge in [0.15, 0.2) is 11.5 Å². The summed E-state index contributed by atoms with van der Waals surface area (Å²) in [5.41, 5.74) is 6.28. The van der Waals surface area contributed by atoms with E-state index in [1.807, 2.05) is 50.2 Å². The number of aromatic nitrogens is 2. The van der Waals surface area contributed by atoms with E-state index in [0.29, 0.717) is 23.4 Å². The molecule has 2 heterocycles. The first-order valence-electron chi connectivity index (χ1n) is 16.1. The zero-order valence-electron chi connectivity index (χ0n) is 27.2. The first-order valence-corrected chi connectivity index (χ1v) is 16.1. The van der Waals surface area contributed by atoms with Gasteiger partial charge in [-0.15, -0.1) is 0 Å². The summed E-state index contributed by atoms with van der Waals surface area (Å²) in [5.74, 6) is 1.73. The summed E-state index contributed by atoms with van der Waals surface area (Å²) in [6.07, 6.45) is 7.03. The van der Waals surface area contributed by atoms with Gasteiger partial charge in [-0.2, -0.15) is 4.98 Å². The van der Waals surface area contributed by atoms with Crippen LogP contribution in [0, 0.1) is 13.8 Å². The molecule has 5 rings (SSSR count). The lowest BCUT2D eigenvalue weighted by atomic mass is 9.89. The molecule has 1 amide bonds. The molecular weight excluding hydrogens is 562 g/mol. The Bertz CT molecular complexity index is 1580. The number of likely N-dealkylation sites (tertiary alicyclic amines) is 1. The van der Waals surface area contributed by atoms with Crippen molar-refractivity contribution in [1.29, 1.82) is 0 Å². The van der Waals surface area contributed by atoms with E-state index in [1.54, 1.807) is 7.11 Å². The molecule has 4 aromatic rings. The maximum atomic E-state index is 13.6. The number of hydrogen-bond donors (Lipinski definition) is 2. The quantitative estimate of drug-likeness (QED) is 0.167. The monoisotopic (exact) mass is 607 g/mol. The number of piperidine rings is 1. The molecule has 0 unspecified atom stereocenters. The number of benzene rings is 3. The van der Waals surface area contributed by atoms with Crippen LogP contribution < -0.4 is 20.1 Å². The van der Waals surface area contributed by atoms with Crippen LogP contribution in [-0.4, -0.2) is 47.5 Å². The highest BCUT2D eigenvalue weighted by Gasteiger charge is 2.22. The Morgan fingerprint density at radius 1 is 0.956 bits per heavy atom. The van der Waals surface area contributed by atoms with Crippen molar-refractivity contribution in [2.75, 3.05) is 37.4 Å². The molecule has 0 radical (unpaired) electrons. The van der Waals surface area contributed by atoms with Gasteiger partial charge in [0.05, 0.1) is 7.11 Å². The predicted octanol–water partition coefficient (Wildman–Crippen LogP) is 8.43. The minimum atomic E-state index is -0.357. The van der Waals surface area contributed by atoms with Crippen molar-refractivity contribution in [2.24, 2.45) is 0 Å². The number of hydrogen-bond acceptors (Lipinski definition) is 7. The van der Waals surface area contributed by atoms with Gasteiger partial charge < -0.3 is 25.0 Å². The number of rotatable bonds is 12. The molecule has 1 aliphatic rings. The van der Waals surface area contributed by atoms with E-state index in [0.717, 1.165) is 54.0 Å². The van der Waals surface area contributed by atoms with Crippen molar-refractivity contribution in [3.8, 4) is 17.4 Å². The van der Waals surface area contributed by atoms with Crippen molar-refractivity contribution in [3.05, 3.63) is 94.7 Å². The summed E-state index contributed by atoms with van der Waals surface area (Å²) in [6, 6.07) is 20.2. The van der Waals surface area contributed by atoms with Crippen LogP contribution >= 0.6 is 0 Å². The van der Waals surface area contributed by atoms with Gasteiger partial charge in [-0.1, -0.05) is 56.7 Å². The number of nitrogens with one attached hydrogen (secondary N) is 2. The van der Waals surface area contributed by atoms with Gasteiger partial charge in [0.25, 0.3) is 5.91 Å². The Labute approximate surface area is 267 Å². The molecule has 0 saturated carbocycles. The summed E-state index contributed by atoms with van der Waals surface area (Å²) < 4.78 is 12.0. The number of nitrogens with zero attached hydrogens (tertiary/aromatic N) is 3. The number of carbonyl (C=O) groups is 1. The fourth-order valence-corrected chi connectivity index (χ4v) is 5.97. The van der Waals surface area contributed by atoms with Crippen LogP contribution in [0.15, 0.2) is 66.9 Å². The predicted molar refractivity (Wildman–Crippen MR) is 181 cm³/mol. The van der Waals surface area contributed by atoms with Gasteiger partial charge in [0.2, 0.25) is 11.8 Å². The van der Waals surface area contributed by atoms with Crippen LogP contribution in [0.3, 0.4) is 0 Å². The third-order valence-electron chi connectivity index (χ3n) is 8.46. The number of ether oxygens (including phenoxy) is 2. The normalized spacial score (nSPS) is 13.8. The van der Waals surface area contributed by atoms with Gasteiger partial charge in [0.1, 0.15) is 5.56 Å². The molecule has 0 bridgehead atoms. The summed E-state index contributed by atoms with van der Waals surface area (Å²) in [5, 5.41) is 6.34. The van der Waals surface area contributed by atoms with E-state index < -0.39 is 0 Å². The fraction of sp³-hybridized carbons (Fsp3) is 0.378. The molecule has 2 N–H and O–H groups in total. The molecule has 0 aliphatic carbocycles. The maximum absolute atomic E-state index is 13.6. The molecule has 1 fully saturated rings. The average molecular weight is 608 g/mol. The summed E-state index contributed by atoms with van der Waals surface area (Å²) >= 11 is 0. The Hall–Kier alpha value is -4.43. The number of aryl methyl sites for hydroxylation is 3. The van der Waals surface area contributed by atoms with E-state index >= 15 is 0 Å². The highest BCUT2D eigenvalue weighted by atomic mass is 16.5. The van der Waals surface area contributed by atoms with Crippen LogP contribution in [0.4, 0.5) is 17.3 Å². The highest BCUT2D eigenvalue weighted by Crippen LogP contribution is 2.35. The molecule has 236 valence electrons.